The monoisotopic (exact) mass is 420 g/mol. The Balaban J connectivity index is 1.89. The van der Waals surface area contributed by atoms with Gasteiger partial charge in [0.1, 0.15) is 0 Å². The van der Waals surface area contributed by atoms with E-state index in [0.717, 1.165) is 16.1 Å². The molecular formula is C18H12BrF3N4. The van der Waals surface area contributed by atoms with Crippen LogP contribution < -0.4 is 5.43 Å². The summed E-state index contributed by atoms with van der Waals surface area (Å²) in [4.78, 5) is 7.74. The second-order valence-corrected chi connectivity index (χ2v) is 6.16. The first kappa shape index (κ1) is 18.1. The third-order valence-electron chi connectivity index (χ3n) is 3.31. The van der Waals surface area contributed by atoms with Crippen LogP contribution in [0.3, 0.4) is 0 Å². The average molecular weight is 421 g/mol. The van der Waals surface area contributed by atoms with Crippen molar-refractivity contribution in [3.05, 3.63) is 76.4 Å². The van der Waals surface area contributed by atoms with Crippen LogP contribution in [0.1, 0.15) is 11.3 Å². The van der Waals surface area contributed by atoms with Gasteiger partial charge in [0.25, 0.3) is 0 Å². The standard InChI is InChI=1S/C18H12BrF3N4/c19-14-8-6-12(7-9-14)11-23-26-16-10-15(18(20,21)22)24-17(25-16)13-4-2-1-3-5-13/h1-11H,(H,24,25,26)/b23-11-. The van der Waals surface area contributed by atoms with Gasteiger partial charge in [0.15, 0.2) is 17.3 Å². The second kappa shape index (κ2) is 7.65. The van der Waals surface area contributed by atoms with Crippen molar-refractivity contribution in [2.24, 2.45) is 5.10 Å². The van der Waals surface area contributed by atoms with Gasteiger partial charge in [0.2, 0.25) is 0 Å². The minimum atomic E-state index is -4.58. The Labute approximate surface area is 155 Å². The largest absolute Gasteiger partial charge is 0.433 e. The smallest absolute Gasteiger partial charge is 0.261 e. The van der Waals surface area contributed by atoms with Crippen molar-refractivity contribution < 1.29 is 13.2 Å². The van der Waals surface area contributed by atoms with Crippen molar-refractivity contribution in [2.75, 3.05) is 5.43 Å². The Morgan fingerprint density at radius 1 is 0.962 bits per heavy atom. The highest BCUT2D eigenvalue weighted by molar-refractivity contribution is 9.10. The molecule has 1 aromatic heterocycles. The summed E-state index contributed by atoms with van der Waals surface area (Å²) >= 11 is 3.32. The minimum absolute atomic E-state index is 0.0261. The molecule has 0 aliphatic carbocycles. The summed E-state index contributed by atoms with van der Waals surface area (Å²) in [6.45, 7) is 0. The molecule has 0 saturated carbocycles. The fourth-order valence-corrected chi connectivity index (χ4v) is 2.35. The fourth-order valence-electron chi connectivity index (χ4n) is 2.09. The molecule has 0 fully saturated rings. The van der Waals surface area contributed by atoms with Crippen LogP contribution in [0.4, 0.5) is 19.0 Å². The lowest BCUT2D eigenvalue weighted by Crippen LogP contribution is -2.11. The van der Waals surface area contributed by atoms with Gasteiger partial charge in [-0.2, -0.15) is 18.3 Å². The lowest BCUT2D eigenvalue weighted by Gasteiger charge is -2.10. The predicted molar refractivity (Wildman–Crippen MR) is 97.8 cm³/mol. The number of hydrogen-bond acceptors (Lipinski definition) is 4. The minimum Gasteiger partial charge on any atom is -0.261 e. The number of alkyl halides is 3. The van der Waals surface area contributed by atoms with E-state index in [4.69, 9.17) is 0 Å². The van der Waals surface area contributed by atoms with E-state index in [-0.39, 0.29) is 11.6 Å². The molecule has 3 rings (SSSR count). The molecule has 3 aromatic rings. The summed E-state index contributed by atoms with van der Waals surface area (Å²) in [5.41, 5.74) is 2.77. The lowest BCUT2D eigenvalue weighted by molar-refractivity contribution is -0.141. The molecule has 0 aliphatic heterocycles. The van der Waals surface area contributed by atoms with Gasteiger partial charge in [-0.15, -0.1) is 0 Å². The first-order valence-electron chi connectivity index (χ1n) is 7.48. The van der Waals surface area contributed by atoms with Gasteiger partial charge < -0.3 is 0 Å². The van der Waals surface area contributed by atoms with E-state index >= 15 is 0 Å². The third kappa shape index (κ3) is 4.66. The summed E-state index contributed by atoms with van der Waals surface area (Å²) in [5.74, 6) is -0.0682. The molecule has 0 saturated heterocycles. The summed E-state index contributed by atoms with van der Waals surface area (Å²) < 4.78 is 40.3. The summed E-state index contributed by atoms with van der Waals surface area (Å²) in [6.07, 6.45) is -3.09. The number of anilines is 1. The molecule has 0 aliphatic rings. The van der Waals surface area contributed by atoms with Crippen molar-refractivity contribution in [2.45, 2.75) is 6.18 Å². The first-order chi connectivity index (χ1) is 12.4. The zero-order chi connectivity index (χ0) is 18.6. The van der Waals surface area contributed by atoms with Gasteiger partial charge in [0, 0.05) is 16.1 Å². The molecule has 8 heteroatoms. The zero-order valence-corrected chi connectivity index (χ0v) is 14.8. The van der Waals surface area contributed by atoms with Gasteiger partial charge in [-0.25, -0.2) is 9.97 Å². The molecule has 2 aromatic carbocycles. The number of nitrogens with zero attached hydrogens (tertiary/aromatic N) is 3. The average Bonchev–Trinajstić information content (AvgIpc) is 2.63. The van der Waals surface area contributed by atoms with Crippen molar-refractivity contribution in [1.82, 2.24) is 9.97 Å². The number of nitrogens with one attached hydrogen (secondary N) is 1. The normalized spacial score (nSPS) is 11.7. The zero-order valence-electron chi connectivity index (χ0n) is 13.2. The van der Waals surface area contributed by atoms with Crippen molar-refractivity contribution >= 4 is 28.0 Å². The molecule has 0 radical (unpaired) electrons. The highest BCUT2D eigenvalue weighted by Gasteiger charge is 2.33. The SMILES string of the molecule is FC(F)(F)c1cc(N/N=C\c2ccc(Br)cc2)nc(-c2ccccc2)n1. The highest BCUT2D eigenvalue weighted by atomic mass is 79.9. The maximum absolute atomic E-state index is 13.1. The van der Waals surface area contributed by atoms with Crippen LogP contribution in [0, 0.1) is 0 Å². The topological polar surface area (TPSA) is 50.2 Å². The number of aromatic nitrogens is 2. The maximum Gasteiger partial charge on any atom is 0.433 e. The van der Waals surface area contributed by atoms with Gasteiger partial charge in [-0.1, -0.05) is 58.4 Å². The summed E-state index contributed by atoms with van der Waals surface area (Å²) in [6, 6.07) is 16.6. The molecule has 26 heavy (non-hydrogen) atoms. The van der Waals surface area contributed by atoms with E-state index in [1.54, 1.807) is 30.3 Å². The summed E-state index contributed by atoms with van der Waals surface area (Å²) in [5, 5.41) is 3.95. The van der Waals surface area contributed by atoms with Crippen molar-refractivity contribution in [1.29, 1.82) is 0 Å². The summed E-state index contributed by atoms with van der Waals surface area (Å²) in [7, 11) is 0. The molecule has 132 valence electrons. The van der Waals surface area contributed by atoms with E-state index in [2.05, 4.69) is 36.4 Å². The molecule has 1 N–H and O–H groups in total. The number of rotatable bonds is 4. The van der Waals surface area contributed by atoms with Crippen molar-refractivity contribution in [3.8, 4) is 11.4 Å². The lowest BCUT2D eigenvalue weighted by atomic mass is 10.2. The molecule has 0 spiro atoms. The van der Waals surface area contributed by atoms with Crippen LogP contribution in [-0.4, -0.2) is 16.2 Å². The maximum atomic E-state index is 13.1. The van der Waals surface area contributed by atoms with Crippen molar-refractivity contribution in [3.63, 3.8) is 0 Å². The molecule has 0 amide bonds. The first-order valence-corrected chi connectivity index (χ1v) is 8.27. The van der Waals surface area contributed by atoms with Crippen LogP contribution >= 0.6 is 15.9 Å². The molecule has 1 heterocycles. The Kier molecular flexibility index (Phi) is 5.32. The van der Waals surface area contributed by atoms with E-state index < -0.39 is 11.9 Å². The second-order valence-electron chi connectivity index (χ2n) is 5.25. The Bertz CT molecular complexity index is 910. The van der Waals surface area contributed by atoms with Crippen LogP contribution in [0.15, 0.2) is 70.2 Å². The van der Waals surface area contributed by atoms with E-state index in [0.29, 0.717) is 5.56 Å². The molecule has 0 unspecified atom stereocenters. The number of hydrazone groups is 1. The van der Waals surface area contributed by atoms with E-state index in [1.807, 2.05) is 24.3 Å². The fraction of sp³-hybridized carbons (Fsp3) is 0.0556. The Morgan fingerprint density at radius 3 is 2.31 bits per heavy atom. The molecule has 0 bridgehead atoms. The van der Waals surface area contributed by atoms with Gasteiger partial charge in [-0.3, -0.25) is 5.43 Å². The number of halogens is 4. The highest BCUT2D eigenvalue weighted by Crippen LogP contribution is 2.30. The Morgan fingerprint density at radius 2 is 1.65 bits per heavy atom. The van der Waals surface area contributed by atoms with Gasteiger partial charge >= 0.3 is 6.18 Å². The van der Waals surface area contributed by atoms with Crippen LogP contribution in [0.2, 0.25) is 0 Å². The van der Waals surface area contributed by atoms with Gasteiger partial charge in [-0.05, 0) is 17.7 Å². The van der Waals surface area contributed by atoms with Gasteiger partial charge in [0.05, 0.1) is 6.21 Å². The molecule has 0 atom stereocenters. The molecular weight excluding hydrogens is 409 g/mol. The Hall–Kier alpha value is -2.74. The predicted octanol–water partition coefficient (Wildman–Crippen LogP) is 5.37. The quantitative estimate of drug-likeness (QED) is 0.455. The van der Waals surface area contributed by atoms with E-state index in [1.165, 1.54) is 6.21 Å². The number of benzene rings is 2. The van der Waals surface area contributed by atoms with Crippen LogP contribution in [0.25, 0.3) is 11.4 Å². The van der Waals surface area contributed by atoms with Crippen LogP contribution in [-0.2, 0) is 6.18 Å². The number of hydrogen-bond donors (Lipinski definition) is 1. The van der Waals surface area contributed by atoms with E-state index in [9.17, 15) is 13.2 Å². The third-order valence-corrected chi connectivity index (χ3v) is 3.84. The molecule has 4 nitrogen and oxygen atoms in total. The van der Waals surface area contributed by atoms with Crippen LogP contribution in [0.5, 0.6) is 0 Å².